The Morgan fingerprint density at radius 2 is 1.91 bits per heavy atom. The van der Waals surface area contributed by atoms with Gasteiger partial charge in [0.25, 0.3) is 0 Å². The van der Waals surface area contributed by atoms with Gasteiger partial charge >= 0.3 is 0 Å². The number of anilines is 2. The molecule has 0 aliphatic carbocycles. The molecule has 1 aromatic carbocycles. The van der Waals surface area contributed by atoms with Gasteiger partial charge < -0.3 is 11.1 Å². The van der Waals surface area contributed by atoms with Crippen molar-refractivity contribution in [3.05, 3.63) is 72.2 Å². The Morgan fingerprint density at radius 3 is 2.73 bits per heavy atom. The van der Waals surface area contributed by atoms with Crippen LogP contribution >= 0.6 is 0 Å². The van der Waals surface area contributed by atoms with Gasteiger partial charge in [0.05, 0.1) is 5.69 Å². The number of nitrogen functional groups attached to an aromatic ring is 1. The van der Waals surface area contributed by atoms with E-state index >= 15 is 0 Å². The predicted molar refractivity (Wildman–Crippen MR) is 85.6 cm³/mol. The molecule has 0 aliphatic rings. The van der Waals surface area contributed by atoms with Gasteiger partial charge in [0.2, 0.25) is 0 Å². The molecule has 0 atom stereocenters. The molecule has 0 unspecified atom stereocenters. The minimum atomic E-state index is -0.245. The zero-order chi connectivity index (χ0) is 15.4. The van der Waals surface area contributed by atoms with Crippen molar-refractivity contribution in [2.75, 3.05) is 11.1 Å². The third-order valence-corrected chi connectivity index (χ3v) is 3.19. The van der Waals surface area contributed by atoms with Gasteiger partial charge in [-0.2, -0.15) is 0 Å². The smallest absolute Gasteiger partial charge is 0.126 e. The summed E-state index contributed by atoms with van der Waals surface area (Å²) in [6.45, 7) is 0.499. The van der Waals surface area contributed by atoms with Crippen molar-refractivity contribution in [3.8, 4) is 11.3 Å². The van der Waals surface area contributed by atoms with Gasteiger partial charge in [-0.1, -0.05) is 18.2 Å². The van der Waals surface area contributed by atoms with Crippen LogP contribution in [0.15, 0.2) is 60.8 Å². The van der Waals surface area contributed by atoms with Gasteiger partial charge in [-0.15, -0.1) is 0 Å². The normalized spacial score (nSPS) is 10.4. The second kappa shape index (κ2) is 6.22. The molecular formula is C17H15FN4. The van der Waals surface area contributed by atoms with E-state index in [0.29, 0.717) is 18.2 Å². The van der Waals surface area contributed by atoms with Crippen molar-refractivity contribution in [2.45, 2.75) is 6.54 Å². The Hall–Kier alpha value is -2.95. The zero-order valence-corrected chi connectivity index (χ0v) is 11.8. The fraction of sp³-hybridized carbons (Fsp3) is 0.0588. The SMILES string of the molecule is Nc1cccc(-c2ccnc(NCc3cccc(F)c3)c2)n1. The first-order chi connectivity index (χ1) is 10.7. The van der Waals surface area contributed by atoms with E-state index in [1.165, 1.54) is 12.1 Å². The van der Waals surface area contributed by atoms with Crippen molar-refractivity contribution in [3.63, 3.8) is 0 Å². The molecule has 3 N–H and O–H groups in total. The van der Waals surface area contributed by atoms with E-state index < -0.39 is 0 Å². The number of nitrogens with one attached hydrogen (secondary N) is 1. The molecular weight excluding hydrogens is 279 g/mol. The van der Waals surface area contributed by atoms with Gasteiger partial charge in [0.1, 0.15) is 17.5 Å². The largest absolute Gasteiger partial charge is 0.384 e. The molecule has 0 amide bonds. The van der Waals surface area contributed by atoms with Crippen LogP contribution in [0.2, 0.25) is 0 Å². The molecule has 0 bridgehead atoms. The summed E-state index contributed by atoms with van der Waals surface area (Å²) in [5, 5.41) is 3.18. The number of nitrogens with two attached hydrogens (primary N) is 1. The molecule has 0 fully saturated rings. The molecule has 2 aromatic heterocycles. The molecule has 3 aromatic rings. The van der Waals surface area contributed by atoms with Crippen LogP contribution in [-0.2, 0) is 6.54 Å². The van der Waals surface area contributed by atoms with Crippen LogP contribution in [-0.4, -0.2) is 9.97 Å². The number of hydrogen-bond acceptors (Lipinski definition) is 4. The second-order valence-corrected chi connectivity index (χ2v) is 4.86. The van der Waals surface area contributed by atoms with Crippen LogP contribution in [0.5, 0.6) is 0 Å². The predicted octanol–water partition coefficient (Wildman–Crippen LogP) is 3.48. The van der Waals surface area contributed by atoms with Gasteiger partial charge in [0.15, 0.2) is 0 Å². The van der Waals surface area contributed by atoms with Gasteiger partial charge in [-0.25, -0.2) is 14.4 Å². The first kappa shape index (κ1) is 14.0. The van der Waals surface area contributed by atoms with Crippen molar-refractivity contribution < 1.29 is 4.39 Å². The third kappa shape index (κ3) is 3.38. The summed E-state index contributed by atoms with van der Waals surface area (Å²) >= 11 is 0. The van der Waals surface area contributed by atoms with Crippen LogP contribution in [0.1, 0.15) is 5.56 Å². The quantitative estimate of drug-likeness (QED) is 0.773. The first-order valence-electron chi connectivity index (χ1n) is 6.88. The molecule has 3 rings (SSSR count). The molecule has 2 heterocycles. The summed E-state index contributed by atoms with van der Waals surface area (Å²) in [5.41, 5.74) is 8.27. The van der Waals surface area contributed by atoms with E-state index in [9.17, 15) is 4.39 Å². The van der Waals surface area contributed by atoms with Crippen LogP contribution < -0.4 is 11.1 Å². The maximum atomic E-state index is 13.2. The molecule has 22 heavy (non-hydrogen) atoms. The molecule has 5 heteroatoms. The summed E-state index contributed by atoms with van der Waals surface area (Å²) in [4.78, 5) is 8.55. The van der Waals surface area contributed by atoms with Crippen molar-refractivity contribution in [2.24, 2.45) is 0 Å². The number of pyridine rings is 2. The number of aromatic nitrogens is 2. The lowest BCUT2D eigenvalue weighted by atomic mass is 10.1. The Kier molecular flexibility index (Phi) is 3.96. The summed E-state index contributed by atoms with van der Waals surface area (Å²) < 4.78 is 13.2. The lowest BCUT2D eigenvalue weighted by Gasteiger charge is -2.08. The molecule has 0 spiro atoms. The van der Waals surface area contributed by atoms with E-state index in [4.69, 9.17) is 5.73 Å². The van der Waals surface area contributed by atoms with Crippen molar-refractivity contribution in [1.82, 2.24) is 9.97 Å². The number of hydrogen-bond donors (Lipinski definition) is 2. The highest BCUT2D eigenvalue weighted by atomic mass is 19.1. The molecule has 0 radical (unpaired) electrons. The molecule has 110 valence electrons. The Bertz CT molecular complexity index is 789. The number of halogens is 1. The minimum Gasteiger partial charge on any atom is -0.384 e. The number of rotatable bonds is 4. The third-order valence-electron chi connectivity index (χ3n) is 3.19. The van der Waals surface area contributed by atoms with Crippen LogP contribution in [0, 0.1) is 5.82 Å². The van der Waals surface area contributed by atoms with Gasteiger partial charge in [-0.3, -0.25) is 0 Å². The van der Waals surface area contributed by atoms with Gasteiger partial charge in [-0.05, 0) is 42.0 Å². The topological polar surface area (TPSA) is 63.8 Å². The van der Waals surface area contributed by atoms with Crippen LogP contribution in [0.4, 0.5) is 16.0 Å². The summed E-state index contributed by atoms with van der Waals surface area (Å²) in [5.74, 6) is 0.930. The minimum absolute atomic E-state index is 0.245. The maximum absolute atomic E-state index is 13.2. The van der Waals surface area contributed by atoms with E-state index in [-0.39, 0.29) is 5.82 Å². The highest BCUT2D eigenvalue weighted by Gasteiger charge is 2.03. The van der Waals surface area contributed by atoms with Crippen molar-refractivity contribution >= 4 is 11.6 Å². The van der Waals surface area contributed by atoms with E-state index in [0.717, 1.165) is 16.8 Å². The molecule has 4 nitrogen and oxygen atoms in total. The van der Waals surface area contributed by atoms with Crippen molar-refractivity contribution in [1.29, 1.82) is 0 Å². The highest BCUT2D eigenvalue weighted by molar-refractivity contribution is 5.63. The molecule has 0 aliphatic heterocycles. The summed E-state index contributed by atoms with van der Waals surface area (Å²) in [7, 11) is 0. The van der Waals surface area contributed by atoms with E-state index in [1.807, 2.05) is 30.3 Å². The lowest BCUT2D eigenvalue weighted by Crippen LogP contribution is -2.01. The maximum Gasteiger partial charge on any atom is 0.126 e. The van der Waals surface area contributed by atoms with Gasteiger partial charge in [0, 0.05) is 18.3 Å². The molecule has 0 saturated carbocycles. The average Bonchev–Trinajstić information content (AvgIpc) is 2.53. The zero-order valence-electron chi connectivity index (χ0n) is 11.8. The number of benzene rings is 1. The number of nitrogens with zero attached hydrogens (tertiary/aromatic N) is 2. The van der Waals surface area contributed by atoms with E-state index in [2.05, 4.69) is 15.3 Å². The lowest BCUT2D eigenvalue weighted by molar-refractivity contribution is 0.626. The Balaban J connectivity index is 1.77. The first-order valence-corrected chi connectivity index (χ1v) is 6.88. The highest BCUT2D eigenvalue weighted by Crippen LogP contribution is 2.20. The molecule has 0 saturated heterocycles. The monoisotopic (exact) mass is 294 g/mol. The fourth-order valence-electron chi connectivity index (χ4n) is 2.14. The fourth-order valence-corrected chi connectivity index (χ4v) is 2.14. The average molecular weight is 294 g/mol. The van der Waals surface area contributed by atoms with Crippen LogP contribution in [0.25, 0.3) is 11.3 Å². The van der Waals surface area contributed by atoms with Crippen LogP contribution in [0.3, 0.4) is 0 Å². The standard InChI is InChI=1S/C17H15FN4/c18-14-4-1-3-12(9-14)11-21-17-10-13(7-8-20-17)15-5-2-6-16(19)22-15/h1-10H,11H2,(H2,19,22)(H,20,21). The summed E-state index contributed by atoms with van der Waals surface area (Å²) in [6, 6.07) is 15.7. The summed E-state index contributed by atoms with van der Waals surface area (Å²) in [6.07, 6.45) is 1.70. The Labute approximate surface area is 127 Å². The second-order valence-electron chi connectivity index (χ2n) is 4.86. The Morgan fingerprint density at radius 1 is 1.05 bits per heavy atom. The van der Waals surface area contributed by atoms with E-state index in [1.54, 1.807) is 18.3 Å².